The molecule has 1 aliphatic heterocycles. The quantitative estimate of drug-likeness (QED) is 0.872. The first-order chi connectivity index (χ1) is 8.08. The van der Waals surface area contributed by atoms with E-state index < -0.39 is 0 Å². The largest absolute Gasteiger partial charge is 0.324 e. The fourth-order valence-corrected chi connectivity index (χ4v) is 2.45. The molecule has 1 aromatic heterocycles. The molecule has 1 atom stereocenters. The van der Waals surface area contributed by atoms with Gasteiger partial charge in [0.1, 0.15) is 0 Å². The van der Waals surface area contributed by atoms with Crippen LogP contribution in [0.5, 0.6) is 0 Å². The molecule has 0 radical (unpaired) electrons. The van der Waals surface area contributed by atoms with Crippen LogP contribution in [0, 0.1) is 0 Å². The van der Waals surface area contributed by atoms with Crippen LogP contribution >= 0.6 is 0 Å². The Morgan fingerprint density at radius 2 is 1.94 bits per heavy atom. The molecular weight excluding hydrogens is 212 g/mol. The minimum absolute atomic E-state index is 0.0829. The van der Waals surface area contributed by atoms with Gasteiger partial charge in [-0.05, 0) is 33.6 Å². The Kier molecular flexibility index (Phi) is 3.84. The van der Waals surface area contributed by atoms with Gasteiger partial charge in [0.2, 0.25) is 0 Å². The van der Waals surface area contributed by atoms with Crippen LogP contribution in [0.4, 0.5) is 0 Å². The van der Waals surface area contributed by atoms with Crippen LogP contribution in [0.2, 0.25) is 0 Å². The van der Waals surface area contributed by atoms with Gasteiger partial charge in [-0.1, -0.05) is 0 Å². The molecule has 0 spiro atoms. The second-order valence-corrected chi connectivity index (χ2v) is 5.40. The van der Waals surface area contributed by atoms with E-state index in [-0.39, 0.29) is 6.04 Å². The first-order valence-electron chi connectivity index (χ1n) is 6.61. The van der Waals surface area contributed by atoms with Gasteiger partial charge in [0, 0.05) is 36.9 Å². The predicted octanol–water partition coefficient (Wildman–Crippen LogP) is 1.95. The van der Waals surface area contributed by atoms with Gasteiger partial charge in [0.25, 0.3) is 0 Å². The summed E-state index contributed by atoms with van der Waals surface area (Å²) < 4.78 is 2.11. The minimum atomic E-state index is 0.0829. The number of rotatable bonds is 3. The number of likely N-dealkylation sites (tertiary alicyclic amines) is 1. The summed E-state index contributed by atoms with van der Waals surface area (Å²) in [7, 11) is 0. The third-order valence-corrected chi connectivity index (χ3v) is 3.75. The van der Waals surface area contributed by atoms with Gasteiger partial charge >= 0.3 is 0 Å². The van der Waals surface area contributed by atoms with Crippen molar-refractivity contribution in [1.29, 1.82) is 0 Å². The van der Waals surface area contributed by atoms with Crippen molar-refractivity contribution in [2.45, 2.75) is 51.7 Å². The zero-order chi connectivity index (χ0) is 12.4. The van der Waals surface area contributed by atoms with E-state index in [9.17, 15) is 0 Å². The van der Waals surface area contributed by atoms with Crippen LogP contribution < -0.4 is 5.73 Å². The molecule has 2 rings (SSSR count). The molecule has 17 heavy (non-hydrogen) atoms. The second kappa shape index (κ2) is 5.19. The minimum Gasteiger partial charge on any atom is -0.324 e. The lowest BCUT2D eigenvalue weighted by molar-refractivity contribution is 0.147. The normalized spacial score (nSPS) is 21.0. The van der Waals surface area contributed by atoms with Crippen LogP contribution in [-0.2, 0) is 0 Å². The van der Waals surface area contributed by atoms with Crippen LogP contribution in [0.3, 0.4) is 0 Å². The van der Waals surface area contributed by atoms with E-state index in [1.165, 1.54) is 25.9 Å². The molecule has 0 amide bonds. The number of nitrogens with two attached hydrogens (primary N) is 1. The topological polar surface area (TPSA) is 47.1 Å². The number of hydrogen-bond donors (Lipinski definition) is 1. The third kappa shape index (κ3) is 2.87. The van der Waals surface area contributed by atoms with Crippen molar-refractivity contribution in [2.75, 3.05) is 13.1 Å². The average Bonchev–Trinajstić information content (AvgIpc) is 2.78. The molecule has 2 N–H and O–H groups in total. The molecule has 1 unspecified atom stereocenters. The van der Waals surface area contributed by atoms with E-state index in [0.29, 0.717) is 12.1 Å². The number of nitrogens with zero attached hydrogens (tertiary/aromatic N) is 3. The van der Waals surface area contributed by atoms with Gasteiger partial charge in [-0.15, -0.1) is 0 Å². The molecule has 2 heterocycles. The van der Waals surface area contributed by atoms with Crippen molar-refractivity contribution >= 4 is 0 Å². The van der Waals surface area contributed by atoms with E-state index in [2.05, 4.69) is 34.7 Å². The fourth-order valence-electron chi connectivity index (χ4n) is 2.45. The smallest absolute Gasteiger partial charge is 0.0543 e. The maximum atomic E-state index is 5.86. The van der Waals surface area contributed by atoms with E-state index in [4.69, 9.17) is 5.73 Å². The SMILES string of the molecule is CC(N)c1cnn(C2CCN(C(C)C)CC2)c1. The highest BCUT2D eigenvalue weighted by atomic mass is 15.3. The first kappa shape index (κ1) is 12.6. The zero-order valence-electron chi connectivity index (χ0n) is 11.1. The Labute approximate surface area is 104 Å². The molecule has 96 valence electrons. The molecule has 0 aliphatic carbocycles. The highest BCUT2D eigenvalue weighted by Gasteiger charge is 2.22. The summed E-state index contributed by atoms with van der Waals surface area (Å²) in [6, 6.07) is 1.30. The maximum Gasteiger partial charge on any atom is 0.0543 e. The van der Waals surface area contributed by atoms with Crippen molar-refractivity contribution < 1.29 is 0 Å². The maximum absolute atomic E-state index is 5.86. The monoisotopic (exact) mass is 236 g/mol. The average molecular weight is 236 g/mol. The van der Waals surface area contributed by atoms with E-state index in [1.807, 2.05) is 13.1 Å². The number of aromatic nitrogens is 2. The molecule has 0 saturated carbocycles. The highest BCUT2D eigenvalue weighted by molar-refractivity contribution is 5.08. The van der Waals surface area contributed by atoms with Gasteiger partial charge in [-0.2, -0.15) is 5.10 Å². The van der Waals surface area contributed by atoms with Gasteiger partial charge in [-0.3, -0.25) is 4.68 Å². The summed E-state index contributed by atoms with van der Waals surface area (Å²) in [4.78, 5) is 2.53. The molecule has 4 nitrogen and oxygen atoms in total. The van der Waals surface area contributed by atoms with Gasteiger partial charge in [0.05, 0.1) is 12.2 Å². The Balaban J connectivity index is 1.96. The zero-order valence-corrected chi connectivity index (χ0v) is 11.1. The van der Waals surface area contributed by atoms with Crippen molar-refractivity contribution in [3.8, 4) is 0 Å². The Morgan fingerprint density at radius 1 is 1.29 bits per heavy atom. The van der Waals surface area contributed by atoms with Crippen LogP contribution in [0.15, 0.2) is 12.4 Å². The summed E-state index contributed by atoms with van der Waals surface area (Å²) in [5.74, 6) is 0. The standard InChI is InChI=1S/C13H24N4/c1-10(2)16-6-4-13(5-7-16)17-9-12(8-15-17)11(3)14/h8-11,13H,4-7,14H2,1-3H3. The first-order valence-corrected chi connectivity index (χ1v) is 6.61. The van der Waals surface area contributed by atoms with E-state index >= 15 is 0 Å². The summed E-state index contributed by atoms with van der Waals surface area (Å²) in [6.45, 7) is 8.89. The van der Waals surface area contributed by atoms with E-state index in [1.54, 1.807) is 0 Å². The van der Waals surface area contributed by atoms with Crippen molar-refractivity contribution in [3.63, 3.8) is 0 Å². The number of piperidine rings is 1. The van der Waals surface area contributed by atoms with Crippen LogP contribution in [0.1, 0.15) is 51.3 Å². The summed E-state index contributed by atoms with van der Waals surface area (Å²) >= 11 is 0. The summed E-state index contributed by atoms with van der Waals surface area (Å²) in [5, 5.41) is 4.45. The highest BCUT2D eigenvalue weighted by Crippen LogP contribution is 2.24. The predicted molar refractivity (Wildman–Crippen MR) is 69.8 cm³/mol. The lowest BCUT2D eigenvalue weighted by Crippen LogP contribution is -2.39. The molecule has 1 fully saturated rings. The van der Waals surface area contributed by atoms with Crippen LogP contribution in [0.25, 0.3) is 0 Å². The fraction of sp³-hybridized carbons (Fsp3) is 0.769. The lowest BCUT2D eigenvalue weighted by Gasteiger charge is -2.34. The Bertz CT molecular complexity index is 348. The molecule has 1 aliphatic rings. The third-order valence-electron chi connectivity index (χ3n) is 3.75. The van der Waals surface area contributed by atoms with Crippen molar-refractivity contribution in [2.24, 2.45) is 5.73 Å². The van der Waals surface area contributed by atoms with E-state index in [0.717, 1.165) is 5.56 Å². The molecule has 1 saturated heterocycles. The molecule has 0 bridgehead atoms. The summed E-state index contributed by atoms with van der Waals surface area (Å²) in [5.41, 5.74) is 6.99. The second-order valence-electron chi connectivity index (χ2n) is 5.40. The van der Waals surface area contributed by atoms with Crippen molar-refractivity contribution in [3.05, 3.63) is 18.0 Å². The molecule has 1 aromatic rings. The van der Waals surface area contributed by atoms with Gasteiger partial charge < -0.3 is 10.6 Å². The Hall–Kier alpha value is -0.870. The van der Waals surface area contributed by atoms with Crippen LogP contribution in [-0.4, -0.2) is 33.8 Å². The molecular formula is C13H24N4. The lowest BCUT2D eigenvalue weighted by atomic mass is 10.0. The molecule has 0 aromatic carbocycles. The van der Waals surface area contributed by atoms with Gasteiger partial charge in [-0.25, -0.2) is 0 Å². The molecule has 4 heteroatoms. The van der Waals surface area contributed by atoms with Crippen molar-refractivity contribution in [1.82, 2.24) is 14.7 Å². The van der Waals surface area contributed by atoms with Gasteiger partial charge in [0.15, 0.2) is 0 Å². The summed E-state index contributed by atoms with van der Waals surface area (Å²) in [6.07, 6.45) is 6.40. The number of hydrogen-bond acceptors (Lipinski definition) is 3. The Morgan fingerprint density at radius 3 is 2.41 bits per heavy atom.